The number of hydrogen-bond donors (Lipinski definition) is 1. The first kappa shape index (κ1) is 16.6. The van der Waals surface area contributed by atoms with Gasteiger partial charge in [0, 0.05) is 20.4 Å². The summed E-state index contributed by atoms with van der Waals surface area (Å²) in [6.45, 7) is 0.525. The van der Waals surface area contributed by atoms with Gasteiger partial charge in [-0.25, -0.2) is 0 Å². The molecule has 0 aromatic heterocycles. The zero-order chi connectivity index (χ0) is 15.2. The van der Waals surface area contributed by atoms with Crippen molar-refractivity contribution in [3.63, 3.8) is 0 Å². The molecule has 1 unspecified atom stereocenters. The zero-order valence-electron chi connectivity index (χ0n) is 11.2. The van der Waals surface area contributed by atoms with Gasteiger partial charge in [-0.15, -0.1) is 0 Å². The average Bonchev–Trinajstić information content (AvgIpc) is 2.46. The lowest BCUT2D eigenvalue weighted by Gasteiger charge is -2.16. The van der Waals surface area contributed by atoms with Crippen molar-refractivity contribution in [2.75, 3.05) is 13.2 Å². The van der Waals surface area contributed by atoms with Crippen LogP contribution >= 0.6 is 39.1 Å². The van der Waals surface area contributed by atoms with Crippen molar-refractivity contribution in [2.24, 2.45) is 0 Å². The molecule has 0 bridgehead atoms. The quantitative estimate of drug-likeness (QED) is 0.726. The van der Waals surface area contributed by atoms with Crippen molar-refractivity contribution < 1.29 is 9.84 Å². The molecule has 0 fully saturated rings. The van der Waals surface area contributed by atoms with E-state index in [0.29, 0.717) is 23.1 Å². The number of aliphatic hydroxyl groups is 1. The Morgan fingerprint density at radius 1 is 1.10 bits per heavy atom. The van der Waals surface area contributed by atoms with Crippen LogP contribution in [-0.4, -0.2) is 18.3 Å². The first-order chi connectivity index (χ1) is 10.1. The van der Waals surface area contributed by atoms with Gasteiger partial charge in [-0.05, 0) is 48.4 Å². The second-order valence-electron chi connectivity index (χ2n) is 4.64. The second kappa shape index (κ2) is 8.04. The standard InChI is InChI=1S/C16H15BrCl2O2/c17-12-1-4-14(5-2-12)21-8-7-11(10-20)15-6-3-13(18)9-16(15)19/h1-6,9,11,20H,7-8,10H2. The maximum absolute atomic E-state index is 9.55. The van der Waals surface area contributed by atoms with Crippen molar-refractivity contribution >= 4 is 39.1 Å². The van der Waals surface area contributed by atoms with Crippen LogP contribution in [0.5, 0.6) is 5.75 Å². The zero-order valence-corrected chi connectivity index (χ0v) is 14.3. The number of aliphatic hydroxyl groups excluding tert-OH is 1. The van der Waals surface area contributed by atoms with Crippen LogP contribution < -0.4 is 4.74 Å². The van der Waals surface area contributed by atoms with Crippen LogP contribution in [0.1, 0.15) is 17.9 Å². The van der Waals surface area contributed by atoms with Gasteiger partial charge < -0.3 is 9.84 Å². The maximum atomic E-state index is 9.55. The molecule has 5 heteroatoms. The summed E-state index contributed by atoms with van der Waals surface area (Å²) in [7, 11) is 0. The molecule has 1 atom stereocenters. The number of rotatable bonds is 6. The van der Waals surface area contributed by atoms with Gasteiger partial charge in [0.2, 0.25) is 0 Å². The smallest absolute Gasteiger partial charge is 0.119 e. The van der Waals surface area contributed by atoms with Gasteiger partial charge in [-0.2, -0.15) is 0 Å². The van der Waals surface area contributed by atoms with E-state index >= 15 is 0 Å². The first-order valence-electron chi connectivity index (χ1n) is 6.54. The number of hydrogen-bond acceptors (Lipinski definition) is 2. The Kier molecular flexibility index (Phi) is 6.37. The fourth-order valence-corrected chi connectivity index (χ4v) is 2.85. The molecule has 0 saturated heterocycles. The monoisotopic (exact) mass is 388 g/mol. The van der Waals surface area contributed by atoms with Crippen LogP contribution in [0.15, 0.2) is 46.9 Å². The summed E-state index contributed by atoms with van der Waals surface area (Å²) >= 11 is 15.4. The van der Waals surface area contributed by atoms with Crippen molar-refractivity contribution in [2.45, 2.75) is 12.3 Å². The normalized spacial score (nSPS) is 12.2. The Hall–Kier alpha value is -0.740. The van der Waals surface area contributed by atoms with E-state index < -0.39 is 0 Å². The predicted octanol–water partition coefficient (Wildman–Crippen LogP) is 5.30. The first-order valence-corrected chi connectivity index (χ1v) is 8.09. The third kappa shape index (κ3) is 4.89. The van der Waals surface area contributed by atoms with E-state index in [1.165, 1.54) is 0 Å². The van der Waals surface area contributed by atoms with E-state index in [-0.39, 0.29) is 12.5 Å². The highest BCUT2D eigenvalue weighted by atomic mass is 79.9. The van der Waals surface area contributed by atoms with E-state index in [1.54, 1.807) is 12.1 Å². The van der Waals surface area contributed by atoms with Crippen LogP contribution in [0.4, 0.5) is 0 Å². The topological polar surface area (TPSA) is 29.5 Å². The van der Waals surface area contributed by atoms with Gasteiger partial charge in [0.15, 0.2) is 0 Å². The van der Waals surface area contributed by atoms with E-state index in [1.807, 2.05) is 30.3 Å². The maximum Gasteiger partial charge on any atom is 0.119 e. The molecule has 2 aromatic carbocycles. The van der Waals surface area contributed by atoms with E-state index in [2.05, 4.69) is 15.9 Å². The molecule has 21 heavy (non-hydrogen) atoms. The Balaban J connectivity index is 1.94. The number of ether oxygens (including phenoxy) is 1. The third-order valence-corrected chi connectivity index (χ3v) is 4.26. The van der Waals surface area contributed by atoms with E-state index in [9.17, 15) is 5.11 Å². The number of halogens is 3. The molecule has 0 aliphatic heterocycles. The minimum absolute atomic E-state index is 0.0189. The Bertz CT molecular complexity index is 587. The molecular weight excluding hydrogens is 375 g/mol. The molecule has 0 heterocycles. The fourth-order valence-electron chi connectivity index (χ4n) is 2.03. The molecule has 0 spiro atoms. The van der Waals surface area contributed by atoms with Gasteiger partial charge in [0.25, 0.3) is 0 Å². The van der Waals surface area contributed by atoms with Crippen LogP contribution in [0.2, 0.25) is 10.0 Å². The lowest BCUT2D eigenvalue weighted by atomic mass is 9.97. The summed E-state index contributed by atoms with van der Waals surface area (Å²) in [5, 5.41) is 10.7. The summed E-state index contributed by atoms with van der Waals surface area (Å²) < 4.78 is 6.69. The minimum Gasteiger partial charge on any atom is -0.494 e. The highest BCUT2D eigenvalue weighted by Gasteiger charge is 2.14. The largest absolute Gasteiger partial charge is 0.494 e. The summed E-state index contributed by atoms with van der Waals surface area (Å²) in [5.41, 5.74) is 0.892. The van der Waals surface area contributed by atoms with Crippen molar-refractivity contribution in [3.8, 4) is 5.75 Å². The van der Waals surface area contributed by atoms with Crippen LogP contribution in [0, 0.1) is 0 Å². The van der Waals surface area contributed by atoms with Gasteiger partial charge in [-0.1, -0.05) is 45.2 Å². The molecule has 0 aliphatic rings. The van der Waals surface area contributed by atoms with Gasteiger partial charge in [-0.3, -0.25) is 0 Å². The van der Waals surface area contributed by atoms with Crippen molar-refractivity contribution in [1.82, 2.24) is 0 Å². The lowest BCUT2D eigenvalue weighted by Crippen LogP contribution is -2.10. The van der Waals surface area contributed by atoms with Crippen molar-refractivity contribution in [1.29, 1.82) is 0 Å². The minimum atomic E-state index is -0.0646. The molecule has 0 aliphatic carbocycles. The van der Waals surface area contributed by atoms with E-state index in [0.717, 1.165) is 15.8 Å². The fraction of sp³-hybridized carbons (Fsp3) is 0.250. The van der Waals surface area contributed by atoms with Gasteiger partial charge >= 0.3 is 0 Å². The number of benzene rings is 2. The van der Waals surface area contributed by atoms with Gasteiger partial charge in [0.1, 0.15) is 5.75 Å². The molecule has 0 saturated carbocycles. The summed E-state index contributed by atoms with van der Waals surface area (Å²) in [6, 6.07) is 13.0. The lowest BCUT2D eigenvalue weighted by molar-refractivity contribution is 0.229. The van der Waals surface area contributed by atoms with Crippen LogP contribution in [0.25, 0.3) is 0 Å². The Labute approximate surface area is 142 Å². The molecule has 2 nitrogen and oxygen atoms in total. The molecule has 112 valence electrons. The molecule has 2 aromatic rings. The average molecular weight is 390 g/mol. The summed E-state index contributed by atoms with van der Waals surface area (Å²) in [6.07, 6.45) is 0.675. The Morgan fingerprint density at radius 2 is 1.81 bits per heavy atom. The third-order valence-electron chi connectivity index (χ3n) is 3.17. The molecule has 0 amide bonds. The molecule has 1 N–H and O–H groups in total. The van der Waals surface area contributed by atoms with E-state index in [4.69, 9.17) is 27.9 Å². The molecule has 2 rings (SSSR count). The highest BCUT2D eigenvalue weighted by molar-refractivity contribution is 9.10. The Morgan fingerprint density at radius 3 is 2.43 bits per heavy atom. The summed E-state index contributed by atoms with van der Waals surface area (Å²) in [4.78, 5) is 0. The van der Waals surface area contributed by atoms with Crippen LogP contribution in [0.3, 0.4) is 0 Å². The van der Waals surface area contributed by atoms with Gasteiger partial charge in [0.05, 0.1) is 13.2 Å². The van der Waals surface area contributed by atoms with Crippen molar-refractivity contribution in [3.05, 3.63) is 62.5 Å². The molecular formula is C16H15BrCl2O2. The second-order valence-corrected chi connectivity index (χ2v) is 6.40. The SMILES string of the molecule is OCC(CCOc1ccc(Br)cc1)c1ccc(Cl)cc1Cl. The van der Waals surface area contributed by atoms with Crippen LogP contribution in [-0.2, 0) is 0 Å². The molecule has 0 radical (unpaired) electrons. The predicted molar refractivity (Wildman–Crippen MR) is 90.5 cm³/mol. The highest BCUT2D eigenvalue weighted by Crippen LogP contribution is 2.29. The summed E-state index contributed by atoms with van der Waals surface area (Å²) in [5.74, 6) is 0.738.